The zero-order valence-electron chi connectivity index (χ0n) is 12.2. The molecule has 0 aliphatic heterocycles. The number of hydrogen-bond acceptors (Lipinski definition) is 4. The third-order valence-corrected chi connectivity index (χ3v) is 2.78. The van der Waals surface area contributed by atoms with Gasteiger partial charge in [0.25, 0.3) is 0 Å². The molecule has 1 aromatic heterocycles. The third kappa shape index (κ3) is 2.74. The van der Waals surface area contributed by atoms with Crippen molar-refractivity contribution in [1.82, 2.24) is 14.1 Å². The summed E-state index contributed by atoms with van der Waals surface area (Å²) in [6, 6.07) is -0.470. The molecule has 0 bridgehead atoms. The number of rotatable bonds is 3. The standard InChI is InChI=1S/C12H20N4O3/c1-7(2)15(9(5)17)10-13-11(18)16(8(3)4)12(19)14(10)6/h7-8H,1-6H3. The van der Waals surface area contributed by atoms with Crippen LogP contribution in [0.1, 0.15) is 40.7 Å². The first-order valence-corrected chi connectivity index (χ1v) is 6.17. The van der Waals surface area contributed by atoms with Crippen LogP contribution in [0.5, 0.6) is 0 Å². The number of anilines is 1. The minimum Gasteiger partial charge on any atom is -0.280 e. The van der Waals surface area contributed by atoms with Gasteiger partial charge in [0.2, 0.25) is 11.9 Å². The average molecular weight is 268 g/mol. The number of carbonyl (C=O) groups is 1. The van der Waals surface area contributed by atoms with E-state index in [0.29, 0.717) is 0 Å². The summed E-state index contributed by atoms with van der Waals surface area (Å²) in [6.07, 6.45) is 0. The number of amides is 1. The molecule has 0 unspecified atom stereocenters. The highest BCUT2D eigenvalue weighted by molar-refractivity contribution is 5.90. The lowest BCUT2D eigenvalue weighted by molar-refractivity contribution is -0.117. The Morgan fingerprint density at radius 1 is 1.21 bits per heavy atom. The minimum atomic E-state index is -0.639. The van der Waals surface area contributed by atoms with Gasteiger partial charge in [0, 0.05) is 26.1 Å². The summed E-state index contributed by atoms with van der Waals surface area (Å²) in [5.41, 5.74) is -1.11. The lowest BCUT2D eigenvalue weighted by Gasteiger charge is -2.26. The van der Waals surface area contributed by atoms with Crippen molar-refractivity contribution in [2.24, 2.45) is 7.05 Å². The van der Waals surface area contributed by atoms with Crippen molar-refractivity contribution in [3.05, 3.63) is 21.0 Å². The molecule has 0 aliphatic rings. The molecule has 0 aromatic carbocycles. The van der Waals surface area contributed by atoms with E-state index in [0.717, 1.165) is 4.57 Å². The van der Waals surface area contributed by atoms with E-state index in [9.17, 15) is 14.4 Å². The summed E-state index contributed by atoms with van der Waals surface area (Å²) >= 11 is 0. The number of carbonyl (C=O) groups excluding carboxylic acids is 1. The Morgan fingerprint density at radius 2 is 1.74 bits per heavy atom. The SMILES string of the molecule is CC(=O)N(c1nc(=O)n(C(C)C)c(=O)n1C)C(C)C. The minimum absolute atomic E-state index is 0.0781. The van der Waals surface area contributed by atoms with E-state index in [1.165, 1.54) is 23.4 Å². The second-order valence-electron chi connectivity index (χ2n) is 4.98. The Labute approximate surface area is 111 Å². The number of hydrogen-bond donors (Lipinski definition) is 0. The monoisotopic (exact) mass is 268 g/mol. The van der Waals surface area contributed by atoms with Crippen LogP contribution in [0.15, 0.2) is 9.59 Å². The molecule has 106 valence electrons. The van der Waals surface area contributed by atoms with Crippen molar-refractivity contribution in [2.45, 2.75) is 46.7 Å². The van der Waals surface area contributed by atoms with Gasteiger partial charge in [-0.05, 0) is 27.7 Å². The van der Waals surface area contributed by atoms with E-state index in [2.05, 4.69) is 4.98 Å². The van der Waals surface area contributed by atoms with Crippen molar-refractivity contribution in [1.29, 1.82) is 0 Å². The lowest BCUT2D eigenvalue weighted by Crippen LogP contribution is -2.47. The second-order valence-corrected chi connectivity index (χ2v) is 4.98. The van der Waals surface area contributed by atoms with E-state index in [-0.39, 0.29) is 23.9 Å². The van der Waals surface area contributed by atoms with Gasteiger partial charge < -0.3 is 0 Å². The number of aromatic nitrogens is 3. The number of nitrogens with zero attached hydrogens (tertiary/aromatic N) is 4. The van der Waals surface area contributed by atoms with Crippen molar-refractivity contribution >= 4 is 11.9 Å². The van der Waals surface area contributed by atoms with Gasteiger partial charge in [-0.1, -0.05) is 0 Å². The Hall–Kier alpha value is -1.92. The summed E-state index contributed by atoms with van der Waals surface area (Å²) in [4.78, 5) is 40.9. The first kappa shape index (κ1) is 15.1. The predicted molar refractivity (Wildman–Crippen MR) is 72.4 cm³/mol. The Kier molecular flexibility index (Phi) is 4.28. The Morgan fingerprint density at radius 3 is 2.11 bits per heavy atom. The summed E-state index contributed by atoms with van der Waals surface area (Å²) < 4.78 is 2.28. The van der Waals surface area contributed by atoms with Crippen LogP contribution < -0.4 is 16.3 Å². The molecule has 0 fully saturated rings. The highest BCUT2D eigenvalue weighted by Crippen LogP contribution is 2.10. The summed E-state index contributed by atoms with van der Waals surface area (Å²) in [5, 5.41) is 0. The largest absolute Gasteiger partial charge is 0.355 e. The maximum Gasteiger partial charge on any atom is 0.355 e. The fourth-order valence-electron chi connectivity index (χ4n) is 1.94. The molecule has 19 heavy (non-hydrogen) atoms. The van der Waals surface area contributed by atoms with Crippen molar-refractivity contribution in [3.8, 4) is 0 Å². The molecule has 0 saturated carbocycles. The van der Waals surface area contributed by atoms with E-state index >= 15 is 0 Å². The zero-order chi connectivity index (χ0) is 14.9. The van der Waals surface area contributed by atoms with Gasteiger partial charge in [0.05, 0.1) is 0 Å². The summed E-state index contributed by atoms with van der Waals surface area (Å²) in [7, 11) is 1.50. The maximum absolute atomic E-state index is 12.1. The lowest BCUT2D eigenvalue weighted by atomic mass is 10.3. The molecule has 0 aliphatic carbocycles. The molecule has 1 rings (SSSR count). The molecule has 0 saturated heterocycles. The first-order chi connectivity index (χ1) is 8.68. The maximum atomic E-state index is 12.1. The topological polar surface area (TPSA) is 77.2 Å². The van der Waals surface area contributed by atoms with Gasteiger partial charge in [-0.2, -0.15) is 4.98 Å². The fraction of sp³-hybridized carbons (Fsp3) is 0.667. The van der Waals surface area contributed by atoms with Gasteiger partial charge in [-0.25, -0.2) is 14.2 Å². The average Bonchev–Trinajstić information content (AvgIpc) is 2.23. The predicted octanol–water partition coefficient (Wildman–Crippen LogP) is 0.284. The first-order valence-electron chi connectivity index (χ1n) is 6.17. The van der Waals surface area contributed by atoms with Gasteiger partial charge in [0.15, 0.2) is 0 Å². The molecule has 1 aromatic rings. The molecule has 0 radical (unpaired) electrons. The summed E-state index contributed by atoms with van der Waals surface area (Å²) in [5.74, 6) is -0.186. The van der Waals surface area contributed by atoms with Crippen LogP contribution in [0, 0.1) is 0 Å². The Balaban J connectivity index is 3.61. The quantitative estimate of drug-likeness (QED) is 0.789. The van der Waals surface area contributed by atoms with Crippen molar-refractivity contribution < 1.29 is 4.79 Å². The van der Waals surface area contributed by atoms with Gasteiger partial charge in [-0.15, -0.1) is 0 Å². The van der Waals surface area contributed by atoms with Crippen LogP contribution in [-0.2, 0) is 11.8 Å². The molecule has 7 nitrogen and oxygen atoms in total. The molecule has 0 atom stereocenters. The molecular weight excluding hydrogens is 248 g/mol. The van der Waals surface area contributed by atoms with Crippen LogP contribution in [0.4, 0.5) is 5.95 Å². The van der Waals surface area contributed by atoms with E-state index in [1.807, 2.05) is 0 Å². The van der Waals surface area contributed by atoms with Crippen molar-refractivity contribution in [3.63, 3.8) is 0 Å². The molecule has 0 N–H and O–H groups in total. The molecule has 1 heterocycles. The van der Waals surface area contributed by atoms with E-state index in [4.69, 9.17) is 0 Å². The van der Waals surface area contributed by atoms with E-state index < -0.39 is 11.4 Å². The smallest absolute Gasteiger partial charge is 0.280 e. The normalized spacial score (nSPS) is 11.2. The van der Waals surface area contributed by atoms with Crippen LogP contribution >= 0.6 is 0 Å². The van der Waals surface area contributed by atoms with Crippen molar-refractivity contribution in [2.75, 3.05) is 4.90 Å². The molecule has 7 heteroatoms. The van der Waals surface area contributed by atoms with Crippen LogP contribution in [0.2, 0.25) is 0 Å². The van der Waals surface area contributed by atoms with Crippen LogP contribution in [0.3, 0.4) is 0 Å². The fourth-order valence-corrected chi connectivity index (χ4v) is 1.94. The third-order valence-electron chi connectivity index (χ3n) is 2.78. The molecule has 1 amide bonds. The summed E-state index contributed by atoms with van der Waals surface area (Å²) in [6.45, 7) is 8.42. The van der Waals surface area contributed by atoms with Gasteiger partial charge >= 0.3 is 11.4 Å². The highest BCUT2D eigenvalue weighted by atomic mass is 16.2. The molecule has 0 spiro atoms. The highest BCUT2D eigenvalue weighted by Gasteiger charge is 2.22. The Bertz CT molecular complexity index is 598. The van der Waals surface area contributed by atoms with Crippen LogP contribution in [0.25, 0.3) is 0 Å². The van der Waals surface area contributed by atoms with Crippen LogP contribution in [-0.4, -0.2) is 26.1 Å². The van der Waals surface area contributed by atoms with Gasteiger partial charge in [-0.3, -0.25) is 14.3 Å². The second kappa shape index (κ2) is 5.38. The molecular formula is C12H20N4O3. The van der Waals surface area contributed by atoms with Gasteiger partial charge in [0.1, 0.15) is 0 Å². The van der Waals surface area contributed by atoms with E-state index in [1.54, 1.807) is 27.7 Å². The zero-order valence-corrected chi connectivity index (χ0v) is 12.2.